The summed E-state index contributed by atoms with van der Waals surface area (Å²) in [7, 11) is 0. The van der Waals surface area contributed by atoms with Crippen molar-refractivity contribution >= 4 is 11.9 Å². The van der Waals surface area contributed by atoms with Crippen LogP contribution < -0.4 is 0 Å². The second-order valence-electron chi connectivity index (χ2n) is 12.4. The number of aliphatic hydroxyl groups excluding tert-OH is 3. The molecule has 5 N–H and O–H groups in total. The first-order valence-electron chi connectivity index (χ1n) is 14.1. The molecular formula is C30H30O13. The van der Waals surface area contributed by atoms with Crippen LogP contribution in [0.5, 0.6) is 5.75 Å². The van der Waals surface area contributed by atoms with Gasteiger partial charge in [-0.25, -0.2) is 9.59 Å². The van der Waals surface area contributed by atoms with Crippen LogP contribution in [0.1, 0.15) is 34.1 Å². The molecule has 1 spiro atoms. The number of hydrogen-bond acceptors (Lipinski definition) is 13. The summed E-state index contributed by atoms with van der Waals surface area (Å²) in [6.07, 6.45) is -8.23. The highest BCUT2D eigenvalue weighted by Crippen LogP contribution is 3.03. The zero-order valence-electron chi connectivity index (χ0n) is 22.9. The summed E-state index contributed by atoms with van der Waals surface area (Å²) in [4.78, 5) is 25.4. The van der Waals surface area contributed by atoms with Crippen molar-refractivity contribution in [3.05, 3.63) is 65.7 Å². The van der Waals surface area contributed by atoms with Gasteiger partial charge in [-0.3, -0.25) is 0 Å². The number of fused-ring (bicyclic) bond motifs is 2. The topological polar surface area (TPSA) is 191 Å². The number of carbonyl (C=O) groups excluding carboxylic acids is 2. The van der Waals surface area contributed by atoms with Gasteiger partial charge in [-0.2, -0.15) is 0 Å². The van der Waals surface area contributed by atoms with Gasteiger partial charge in [-0.15, -0.1) is 0 Å². The minimum Gasteiger partial charge on any atom is -0.508 e. The maximum absolute atomic E-state index is 12.9. The van der Waals surface area contributed by atoms with Gasteiger partial charge in [0.15, 0.2) is 18.4 Å². The summed E-state index contributed by atoms with van der Waals surface area (Å²) in [6, 6.07) is 13.8. The van der Waals surface area contributed by atoms with Crippen molar-refractivity contribution in [3.63, 3.8) is 0 Å². The zero-order valence-corrected chi connectivity index (χ0v) is 22.9. The Labute approximate surface area is 244 Å². The van der Waals surface area contributed by atoms with Gasteiger partial charge >= 0.3 is 11.9 Å². The van der Waals surface area contributed by atoms with Crippen molar-refractivity contribution in [1.82, 2.24) is 0 Å². The molecule has 3 saturated carbocycles. The van der Waals surface area contributed by atoms with Gasteiger partial charge in [0, 0.05) is 5.92 Å². The van der Waals surface area contributed by atoms with Gasteiger partial charge in [0.25, 0.3) is 0 Å². The van der Waals surface area contributed by atoms with Crippen molar-refractivity contribution in [2.24, 2.45) is 16.7 Å². The van der Waals surface area contributed by atoms with Gasteiger partial charge < -0.3 is 54.0 Å². The molecule has 12 atom stereocenters. The molecule has 2 aromatic rings. The Kier molecular flexibility index (Phi) is 5.43. The average molecular weight is 599 g/mol. The molecule has 0 aromatic heterocycles. The molecule has 0 amide bonds. The molecule has 13 nitrogen and oxygen atoms in total. The molecule has 3 heterocycles. The van der Waals surface area contributed by atoms with Crippen molar-refractivity contribution in [1.29, 1.82) is 0 Å². The predicted octanol–water partition coefficient (Wildman–Crippen LogP) is -0.177. The van der Waals surface area contributed by atoms with Gasteiger partial charge in [0.2, 0.25) is 0 Å². The molecule has 13 heteroatoms. The molecule has 3 aliphatic heterocycles. The Balaban J connectivity index is 1.03. The van der Waals surface area contributed by atoms with Crippen LogP contribution in [-0.2, 0) is 28.4 Å². The van der Waals surface area contributed by atoms with Crippen LogP contribution in [0, 0.1) is 16.7 Å². The first kappa shape index (κ1) is 27.4. The first-order chi connectivity index (χ1) is 20.5. The average Bonchev–Trinajstić information content (AvgIpc) is 2.99. The molecule has 228 valence electrons. The molecule has 3 saturated heterocycles. The second-order valence-corrected chi connectivity index (χ2v) is 12.4. The van der Waals surface area contributed by atoms with E-state index >= 15 is 0 Å². The molecule has 2 unspecified atom stereocenters. The van der Waals surface area contributed by atoms with Crippen LogP contribution in [0.4, 0.5) is 0 Å². The molecule has 3 aliphatic carbocycles. The van der Waals surface area contributed by atoms with Crippen molar-refractivity contribution in [2.45, 2.75) is 67.3 Å². The maximum atomic E-state index is 12.9. The summed E-state index contributed by atoms with van der Waals surface area (Å²) in [5, 5.41) is 53.1. The van der Waals surface area contributed by atoms with E-state index < -0.39 is 89.3 Å². The Morgan fingerprint density at radius 1 is 0.907 bits per heavy atom. The standard InChI is InChI=1S/C30H30O13/c1-26-28(41-24-21(34)20(33)19(32)17(40-24)12-38-22(35)14-5-3-2-4-6-14)11-18-27(28,29(26)25(42-26)43-30(18,29)37)13-39-23(36)15-7-9-16(31)10-8-15/h2-10,17-21,24-25,31-34,37H,11-13H2,1H3/t17-,18-,19-,20+,21-,24+,25+,26-,27?,28+,29?,30+/m1/s1. The van der Waals surface area contributed by atoms with Crippen LogP contribution >= 0.6 is 0 Å². The minimum atomic E-state index is -1.70. The largest absolute Gasteiger partial charge is 0.508 e. The second kappa shape index (κ2) is 8.52. The Hall–Kier alpha value is -3.14. The molecule has 43 heavy (non-hydrogen) atoms. The van der Waals surface area contributed by atoms with E-state index in [1.165, 1.54) is 24.3 Å². The monoisotopic (exact) mass is 598 g/mol. The Morgan fingerprint density at radius 3 is 2.28 bits per heavy atom. The van der Waals surface area contributed by atoms with Crippen LogP contribution in [0.2, 0.25) is 0 Å². The summed E-state index contributed by atoms with van der Waals surface area (Å²) in [6.45, 7) is 1.16. The fraction of sp³-hybridized carbons (Fsp3) is 0.533. The Bertz CT molecular complexity index is 1500. The molecule has 2 aromatic carbocycles. The maximum Gasteiger partial charge on any atom is 0.338 e. The number of aliphatic hydroxyl groups is 4. The van der Waals surface area contributed by atoms with Gasteiger partial charge in [0.1, 0.15) is 60.0 Å². The van der Waals surface area contributed by atoms with Crippen molar-refractivity contribution in [2.75, 3.05) is 13.2 Å². The fourth-order valence-electron chi connectivity index (χ4n) is 9.07. The van der Waals surface area contributed by atoms with E-state index in [1.807, 2.05) is 0 Å². The highest BCUT2D eigenvalue weighted by atomic mass is 16.8. The van der Waals surface area contributed by atoms with E-state index in [4.69, 9.17) is 28.4 Å². The predicted molar refractivity (Wildman–Crippen MR) is 138 cm³/mol. The number of phenolic OH excluding ortho intramolecular Hbond substituents is 1. The fourth-order valence-corrected chi connectivity index (χ4v) is 9.07. The van der Waals surface area contributed by atoms with Gasteiger partial charge in [0.05, 0.1) is 16.5 Å². The van der Waals surface area contributed by atoms with E-state index in [9.17, 15) is 35.1 Å². The molecule has 6 fully saturated rings. The molecular weight excluding hydrogens is 568 g/mol. The summed E-state index contributed by atoms with van der Waals surface area (Å²) < 4.78 is 35.1. The van der Waals surface area contributed by atoms with Gasteiger partial charge in [-0.1, -0.05) is 18.2 Å². The lowest BCUT2D eigenvalue weighted by molar-refractivity contribution is -0.792. The molecule has 0 bridgehead atoms. The highest BCUT2D eigenvalue weighted by Gasteiger charge is 3.18. The van der Waals surface area contributed by atoms with Crippen LogP contribution in [0.3, 0.4) is 0 Å². The number of benzene rings is 2. The molecule has 8 rings (SSSR count). The minimum absolute atomic E-state index is 0.00555. The van der Waals surface area contributed by atoms with E-state index in [0.29, 0.717) is 0 Å². The smallest absolute Gasteiger partial charge is 0.338 e. The van der Waals surface area contributed by atoms with E-state index in [-0.39, 0.29) is 29.9 Å². The third-order valence-electron chi connectivity index (χ3n) is 11.0. The lowest BCUT2D eigenvalue weighted by Gasteiger charge is -3.05. The number of ether oxygens (including phenoxy) is 6. The summed E-state index contributed by atoms with van der Waals surface area (Å²) in [5.41, 5.74) is -3.69. The number of carbonyl (C=O) groups is 2. The quantitative estimate of drug-likeness (QED) is 0.252. The van der Waals surface area contributed by atoms with Crippen LogP contribution in [0.25, 0.3) is 0 Å². The molecule has 6 aliphatic rings. The lowest BCUT2D eigenvalue weighted by atomic mass is 9.08. The zero-order chi connectivity index (χ0) is 30.2. The lowest BCUT2D eigenvalue weighted by Crippen LogP contribution is -3.20. The van der Waals surface area contributed by atoms with E-state index in [2.05, 4.69) is 0 Å². The SMILES string of the molecule is C[C@@]12O[C@H]3O[C@@]4(O)[C@@H]5C[C@@]1(O[C@@H]1O[C@H](COC(=O)c6ccccc6)[C@@H](O)[C@H](O)[C@H]1O)C5(COC(=O)c1ccc(O)cc1)C342. The van der Waals surface area contributed by atoms with Crippen LogP contribution in [0.15, 0.2) is 54.6 Å². The third kappa shape index (κ3) is 2.82. The molecule has 0 radical (unpaired) electrons. The summed E-state index contributed by atoms with van der Waals surface area (Å²) >= 11 is 0. The van der Waals surface area contributed by atoms with Gasteiger partial charge in [-0.05, 0) is 49.7 Å². The normalized spacial score (nSPS) is 47.6. The van der Waals surface area contributed by atoms with Crippen molar-refractivity contribution in [3.8, 4) is 5.75 Å². The summed E-state index contributed by atoms with van der Waals surface area (Å²) in [5.74, 6) is -3.27. The van der Waals surface area contributed by atoms with E-state index in [1.54, 1.807) is 37.3 Å². The van der Waals surface area contributed by atoms with Crippen LogP contribution in [-0.4, -0.2) is 105 Å². The highest BCUT2D eigenvalue weighted by molar-refractivity contribution is 5.90. The Morgan fingerprint density at radius 2 is 1.58 bits per heavy atom. The number of phenols is 1. The van der Waals surface area contributed by atoms with Crippen molar-refractivity contribution < 1.29 is 63.5 Å². The number of aromatic hydroxyl groups is 1. The first-order valence-corrected chi connectivity index (χ1v) is 14.1. The number of hydrogen-bond donors (Lipinski definition) is 5. The van der Waals surface area contributed by atoms with E-state index in [0.717, 1.165) is 0 Å². The third-order valence-corrected chi connectivity index (χ3v) is 11.0. The number of rotatable bonds is 8. The number of esters is 2.